The van der Waals surface area contributed by atoms with Gasteiger partial charge in [0.05, 0.1) is 24.8 Å². The third-order valence-electron chi connectivity index (χ3n) is 6.75. The molecule has 3 rings (SSSR count). The summed E-state index contributed by atoms with van der Waals surface area (Å²) in [6, 6.07) is 21.4. The van der Waals surface area contributed by atoms with Crippen LogP contribution in [0.15, 0.2) is 83.8 Å². The summed E-state index contributed by atoms with van der Waals surface area (Å²) in [6.45, 7) is 3.91. The van der Waals surface area contributed by atoms with Gasteiger partial charge in [0.1, 0.15) is 12.6 Å². The number of hydrogen-bond acceptors (Lipinski definition) is 6. The maximum atomic E-state index is 14.0. The lowest BCUT2D eigenvalue weighted by Gasteiger charge is -2.32. The predicted octanol–water partition coefficient (Wildman–Crippen LogP) is 4.28. The summed E-state index contributed by atoms with van der Waals surface area (Å²) in [5.74, 6) is -0.0615. The van der Waals surface area contributed by atoms with Crippen LogP contribution < -0.4 is 19.1 Å². The quantitative estimate of drug-likeness (QED) is 0.269. The number of nitrogens with zero attached hydrogens (tertiary/aromatic N) is 2. The molecule has 0 bridgehead atoms. The van der Waals surface area contributed by atoms with Crippen LogP contribution in [0.4, 0.5) is 5.69 Å². The van der Waals surface area contributed by atoms with Crippen LogP contribution in [0, 0.1) is 0 Å². The molecule has 0 radical (unpaired) electrons. The maximum absolute atomic E-state index is 14.0. The first-order valence-electron chi connectivity index (χ1n) is 13.6. The van der Waals surface area contributed by atoms with E-state index in [1.807, 2.05) is 37.3 Å². The minimum atomic E-state index is -4.17. The molecule has 3 aromatic carbocycles. The van der Waals surface area contributed by atoms with E-state index in [4.69, 9.17) is 9.47 Å². The normalized spacial score (nSPS) is 11.8. The van der Waals surface area contributed by atoms with Crippen LogP contribution in [-0.2, 0) is 26.0 Å². The van der Waals surface area contributed by atoms with Gasteiger partial charge < -0.3 is 19.7 Å². The van der Waals surface area contributed by atoms with Gasteiger partial charge in [-0.25, -0.2) is 8.42 Å². The van der Waals surface area contributed by atoms with Gasteiger partial charge in [0.15, 0.2) is 11.5 Å². The highest BCUT2D eigenvalue weighted by Crippen LogP contribution is 2.34. The van der Waals surface area contributed by atoms with Gasteiger partial charge in [-0.1, -0.05) is 61.9 Å². The van der Waals surface area contributed by atoms with Gasteiger partial charge in [0, 0.05) is 19.2 Å². The molecule has 2 amide bonds. The maximum Gasteiger partial charge on any atom is 0.264 e. The van der Waals surface area contributed by atoms with Crippen LogP contribution >= 0.6 is 0 Å². The Morgan fingerprint density at radius 3 is 2.15 bits per heavy atom. The average Bonchev–Trinajstić information content (AvgIpc) is 3.00. The largest absolute Gasteiger partial charge is 0.493 e. The van der Waals surface area contributed by atoms with Crippen molar-refractivity contribution in [2.75, 3.05) is 38.2 Å². The smallest absolute Gasteiger partial charge is 0.264 e. The number of amides is 2. The summed E-state index contributed by atoms with van der Waals surface area (Å²) in [4.78, 5) is 28.5. The molecule has 220 valence electrons. The fraction of sp³-hybridized carbons (Fsp3) is 0.355. The summed E-state index contributed by atoms with van der Waals surface area (Å²) in [5.41, 5.74) is 1.22. The molecule has 0 aromatic heterocycles. The number of ether oxygens (including phenoxy) is 2. The van der Waals surface area contributed by atoms with Crippen LogP contribution in [0.3, 0.4) is 0 Å². The molecule has 0 saturated heterocycles. The summed E-state index contributed by atoms with van der Waals surface area (Å²) in [5, 5.41) is 2.89. The lowest BCUT2D eigenvalue weighted by Crippen LogP contribution is -2.52. The van der Waals surface area contributed by atoms with Gasteiger partial charge in [-0.05, 0) is 49.6 Å². The zero-order valence-corrected chi connectivity index (χ0v) is 24.9. The molecule has 41 heavy (non-hydrogen) atoms. The first kappa shape index (κ1) is 31.5. The van der Waals surface area contributed by atoms with Gasteiger partial charge in [0.25, 0.3) is 10.0 Å². The molecule has 0 heterocycles. The molecule has 0 aliphatic carbocycles. The zero-order chi connectivity index (χ0) is 29.8. The van der Waals surface area contributed by atoms with E-state index in [-0.39, 0.29) is 23.0 Å². The second kappa shape index (κ2) is 15.1. The topological polar surface area (TPSA) is 105 Å². The fourth-order valence-electron chi connectivity index (χ4n) is 4.33. The standard InChI is InChI=1S/C31H39N3O6S/c1-5-6-20-32-31(36)24(2)33(21-19-25-13-9-7-10-14-25)30(35)23-34(41(37,38)27-15-11-8-12-16-27)26-17-18-28(39-3)29(22-26)40-4/h7-18,22,24H,5-6,19-21,23H2,1-4H3,(H,32,36). The molecule has 0 saturated carbocycles. The lowest BCUT2D eigenvalue weighted by molar-refractivity contribution is -0.138. The Morgan fingerprint density at radius 1 is 0.902 bits per heavy atom. The minimum Gasteiger partial charge on any atom is -0.493 e. The Bertz CT molecular complexity index is 1380. The summed E-state index contributed by atoms with van der Waals surface area (Å²) >= 11 is 0. The molecular weight excluding hydrogens is 542 g/mol. The fourth-order valence-corrected chi connectivity index (χ4v) is 5.76. The van der Waals surface area contributed by atoms with E-state index in [0.717, 1.165) is 22.7 Å². The van der Waals surface area contributed by atoms with Crippen LogP contribution in [0.1, 0.15) is 32.3 Å². The average molecular weight is 582 g/mol. The van der Waals surface area contributed by atoms with Crippen molar-refractivity contribution in [3.8, 4) is 11.5 Å². The van der Waals surface area contributed by atoms with E-state index >= 15 is 0 Å². The summed E-state index contributed by atoms with van der Waals surface area (Å²) < 4.78 is 39.6. The highest BCUT2D eigenvalue weighted by Gasteiger charge is 2.32. The van der Waals surface area contributed by atoms with Gasteiger partial charge in [-0.15, -0.1) is 0 Å². The van der Waals surface area contributed by atoms with Crippen molar-refractivity contribution in [1.82, 2.24) is 10.2 Å². The molecule has 9 nitrogen and oxygen atoms in total. The number of benzene rings is 3. The van der Waals surface area contributed by atoms with Crippen molar-refractivity contribution in [1.29, 1.82) is 0 Å². The Morgan fingerprint density at radius 2 is 1.54 bits per heavy atom. The third kappa shape index (κ3) is 8.23. The molecule has 0 spiro atoms. The van der Waals surface area contributed by atoms with Crippen LogP contribution in [0.25, 0.3) is 0 Å². The molecule has 1 atom stereocenters. The highest BCUT2D eigenvalue weighted by molar-refractivity contribution is 7.92. The van der Waals surface area contributed by atoms with Crippen LogP contribution in [0.5, 0.6) is 11.5 Å². The number of nitrogens with one attached hydrogen (secondary N) is 1. The van der Waals surface area contributed by atoms with Gasteiger partial charge in [0.2, 0.25) is 11.8 Å². The number of anilines is 1. The van der Waals surface area contributed by atoms with Gasteiger partial charge in [-0.2, -0.15) is 0 Å². The van der Waals surface area contributed by atoms with E-state index in [1.54, 1.807) is 37.3 Å². The van der Waals surface area contributed by atoms with Crippen molar-refractivity contribution < 1.29 is 27.5 Å². The molecule has 0 fully saturated rings. The van der Waals surface area contributed by atoms with E-state index in [0.29, 0.717) is 24.5 Å². The number of methoxy groups -OCH3 is 2. The zero-order valence-electron chi connectivity index (χ0n) is 24.1. The molecular formula is C31H39N3O6S. The first-order valence-corrected chi connectivity index (χ1v) is 15.1. The van der Waals surface area contributed by atoms with E-state index in [2.05, 4.69) is 5.32 Å². The molecule has 3 aromatic rings. The number of carbonyl (C=O) groups excluding carboxylic acids is 2. The van der Waals surface area contributed by atoms with Crippen LogP contribution in [0.2, 0.25) is 0 Å². The SMILES string of the molecule is CCCCNC(=O)C(C)N(CCc1ccccc1)C(=O)CN(c1ccc(OC)c(OC)c1)S(=O)(=O)c1ccccc1. The first-order chi connectivity index (χ1) is 19.7. The van der Waals surface area contributed by atoms with Crippen molar-refractivity contribution in [3.63, 3.8) is 0 Å². The van der Waals surface area contributed by atoms with Crippen molar-refractivity contribution in [3.05, 3.63) is 84.4 Å². The Balaban J connectivity index is 1.99. The van der Waals surface area contributed by atoms with Crippen LogP contribution in [-0.4, -0.2) is 65.0 Å². The summed E-state index contributed by atoms with van der Waals surface area (Å²) in [6.07, 6.45) is 2.24. The minimum absolute atomic E-state index is 0.0313. The van der Waals surface area contributed by atoms with Crippen molar-refractivity contribution in [2.24, 2.45) is 0 Å². The van der Waals surface area contributed by atoms with E-state index < -0.39 is 28.5 Å². The molecule has 1 unspecified atom stereocenters. The van der Waals surface area contributed by atoms with Crippen molar-refractivity contribution in [2.45, 2.75) is 44.0 Å². The Kier molecular flexibility index (Phi) is 11.6. The highest BCUT2D eigenvalue weighted by atomic mass is 32.2. The molecule has 0 aliphatic rings. The van der Waals surface area contributed by atoms with E-state index in [9.17, 15) is 18.0 Å². The molecule has 1 N–H and O–H groups in total. The van der Waals surface area contributed by atoms with E-state index in [1.165, 1.54) is 37.3 Å². The number of rotatable bonds is 15. The number of sulfonamides is 1. The number of carbonyl (C=O) groups is 2. The number of hydrogen-bond donors (Lipinski definition) is 1. The van der Waals surface area contributed by atoms with Gasteiger partial charge in [-0.3, -0.25) is 13.9 Å². The second-order valence-electron chi connectivity index (χ2n) is 9.51. The monoisotopic (exact) mass is 581 g/mol. The molecule has 10 heteroatoms. The predicted molar refractivity (Wildman–Crippen MR) is 160 cm³/mol. The Labute approximate surface area is 243 Å². The van der Waals surface area contributed by atoms with Crippen molar-refractivity contribution >= 4 is 27.5 Å². The van der Waals surface area contributed by atoms with Gasteiger partial charge >= 0.3 is 0 Å². The Hall–Kier alpha value is -4.05. The second-order valence-corrected chi connectivity index (χ2v) is 11.4. The lowest BCUT2D eigenvalue weighted by atomic mass is 10.1. The third-order valence-corrected chi connectivity index (χ3v) is 8.53. The summed E-state index contributed by atoms with van der Waals surface area (Å²) in [7, 11) is -1.23. The molecule has 0 aliphatic heterocycles. The number of unbranched alkanes of at least 4 members (excludes halogenated alkanes) is 1.